The van der Waals surface area contributed by atoms with Crippen molar-refractivity contribution in [3.63, 3.8) is 0 Å². The van der Waals surface area contributed by atoms with Gasteiger partial charge < -0.3 is 9.72 Å². The number of nitrogens with zero attached hydrogens (tertiary/aromatic N) is 1. The van der Waals surface area contributed by atoms with Crippen molar-refractivity contribution < 1.29 is 27.1 Å². The SMILES string of the molecule is CC(C)(CC(=O)c1cc(=O)[nH]c(C2CC2)n1)c1ccc(OC(F)(F)F)c(F)c1. The molecule has 2 aromatic rings. The second kappa shape index (κ2) is 7.03. The van der Waals surface area contributed by atoms with Crippen molar-refractivity contribution in [3.05, 3.63) is 57.5 Å². The molecule has 1 saturated carbocycles. The lowest BCUT2D eigenvalue weighted by molar-refractivity contribution is -0.275. The van der Waals surface area contributed by atoms with E-state index in [-0.39, 0.29) is 18.0 Å². The lowest BCUT2D eigenvalue weighted by Crippen LogP contribution is -2.25. The minimum absolute atomic E-state index is 0.0243. The molecule has 0 saturated heterocycles. The first-order valence-electron chi connectivity index (χ1n) is 8.65. The van der Waals surface area contributed by atoms with Crippen LogP contribution in [0.15, 0.2) is 29.1 Å². The number of ether oxygens (including phenoxy) is 1. The number of ketones is 1. The summed E-state index contributed by atoms with van der Waals surface area (Å²) in [5.41, 5.74) is -0.979. The average Bonchev–Trinajstić information content (AvgIpc) is 3.39. The van der Waals surface area contributed by atoms with E-state index in [1.54, 1.807) is 13.8 Å². The Hall–Kier alpha value is -2.71. The number of carbonyl (C=O) groups excluding carboxylic acids is 1. The normalized spacial score (nSPS) is 14.8. The van der Waals surface area contributed by atoms with Crippen LogP contribution in [0.5, 0.6) is 5.75 Å². The molecule has 1 aliphatic carbocycles. The molecular formula is C19H18F4N2O3. The highest BCUT2D eigenvalue weighted by Gasteiger charge is 2.33. The van der Waals surface area contributed by atoms with E-state index in [0.717, 1.165) is 31.0 Å². The Morgan fingerprint density at radius 2 is 1.93 bits per heavy atom. The first-order valence-corrected chi connectivity index (χ1v) is 8.65. The monoisotopic (exact) mass is 398 g/mol. The third kappa shape index (κ3) is 4.76. The maximum Gasteiger partial charge on any atom is 0.573 e. The quantitative estimate of drug-likeness (QED) is 0.584. The van der Waals surface area contributed by atoms with Gasteiger partial charge in [0.25, 0.3) is 5.56 Å². The van der Waals surface area contributed by atoms with Crippen LogP contribution >= 0.6 is 0 Å². The van der Waals surface area contributed by atoms with Crippen molar-refractivity contribution in [1.82, 2.24) is 9.97 Å². The maximum absolute atomic E-state index is 14.0. The fourth-order valence-electron chi connectivity index (χ4n) is 2.89. The zero-order chi connectivity index (χ0) is 20.7. The van der Waals surface area contributed by atoms with E-state index >= 15 is 0 Å². The van der Waals surface area contributed by atoms with Gasteiger partial charge in [0.15, 0.2) is 17.3 Å². The molecule has 0 spiro atoms. The van der Waals surface area contributed by atoms with Gasteiger partial charge in [0.2, 0.25) is 0 Å². The molecule has 0 bridgehead atoms. The second-order valence-corrected chi connectivity index (χ2v) is 7.47. The fourth-order valence-corrected chi connectivity index (χ4v) is 2.89. The summed E-state index contributed by atoms with van der Waals surface area (Å²) in [6, 6.07) is 4.18. The molecule has 0 unspecified atom stereocenters. The molecule has 0 radical (unpaired) electrons. The molecule has 5 nitrogen and oxygen atoms in total. The number of hydrogen-bond acceptors (Lipinski definition) is 4. The van der Waals surface area contributed by atoms with Crippen LogP contribution in [0, 0.1) is 5.82 Å². The molecular weight excluding hydrogens is 380 g/mol. The number of benzene rings is 1. The first kappa shape index (κ1) is 20.0. The van der Waals surface area contributed by atoms with Crippen LogP contribution in [0.2, 0.25) is 0 Å². The number of halogens is 4. The van der Waals surface area contributed by atoms with E-state index < -0.39 is 34.7 Å². The lowest BCUT2D eigenvalue weighted by atomic mass is 9.79. The van der Waals surface area contributed by atoms with Gasteiger partial charge in [-0.3, -0.25) is 9.59 Å². The number of nitrogens with one attached hydrogen (secondary N) is 1. The largest absolute Gasteiger partial charge is 0.573 e. The molecule has 0 aliphatic heterocycles. The Balaban J connectivity index is 1.80. The summed E-state index contributed by atoms with van der Waals surface area (Å²) >= 11 is 0. The highest BCUT2D eigenvalue weighted by atomic mass is 19.4. The van der Waals surface area contributed by atoms with Crippen LogP contribution in [0.4, 0.5) is 17.6 Å². The highest BCUT2D eigenvalue weighted by Crippen LogP contribution is 2.38. The molecule has 28 heavy (non-hydrogen) atoms. The van der Waals surface area contributed by atoms with E-state index in [1.165, 1.54) is 6.07 Å². The number of Topliss-reactive ketones (excluding diaryl/α,β-unsaturated/α-hetero) is 1. The third-order valence-electron chi connectivity index (χ3n) is 4.55. The number of aromatic nitrogens is 2. The van der Waals surface area contributed by atoms with Crippen molar-refractivity contribution in [1.29, 1.82) is 0 Å². The van der Waals surface area contributed by atoms with E-state index in [4.69, 9.17) is 0 Å². The minimum atomic E-state index is -5.00. The Kier molecular flexibility index (Phi) is 5.03. The lowest BCUT2D eigenvalue weighted by Gasteiger charge is -2.25. The zero-order valence-corrected chi connectivity index (χ0v) is 15.2. The van der Waals surface area contributed by atoms with Crippen LogP contribution in [0.3, 0.4) is 0 Å². The van der Waals surface area contributed by atoms with E-state index in [2.05, 4.69) is 14.7 Å². The predicted molar refractivity (Wildman–Crippen MR) is 91.9 cm³/mol. The van der Waals surface area contributed by atoms with Gasteiger partial charge in [-0.1, -0.05) is 19.9 Å². The summed E-state index contributed by atoms with van der Waals surface area (Å²) < 4.78 is 54.4. The van der Waals surface area contributed by atoms with Gasteiger partial charge in [-0.15, -0.1) is 13.2 Å². The summed E-state index contributed by atoms with van der Waals surface area (Å²) in [5, 5.41) is 0. The molecule has 3 rings (SSSR count). The van der Waals surface area contributed by atoms with Crippen molar-refractivity contribution in [2.24, 2.45) is 0 Å². The molecule has 1 fully saturated rings. The van der Waals surface area contributed by atoms with Crippen molar-refractivity contribution in [2.75, 3.05) is 0 Å². The molecule has 1 N–H and O–H groups in total. The average molecular weight is 398 g/mol. The van der Waals surface area contributed by atoms with E-state index in [1.807, 2.05) is 0 Å². The molecule has 1 aliphatic rings. The first-order chi connectivity index (χ1) is 12.9. The summed E-state index contributed by atoms with van der Waals surface area (Å²) in [6.45, 7) is 3.30. The van der Waals surface area contributed by atoms with E-state index in [0.29, 0.717) is 11.4 Å². The number of alkyl halides is 3. The van der Waals surface area contributed by atoms with Crippen LogP contribution in [-0.4, -0.2) is 22.1 Å². The van der Waals surface area contributed by atoms with Gasteiger partial charge in [-0.2, -0.15) is 0 Å². The zero-order valence-electron chi connectivity index (χ0n) is 15.2. The number of carbonyl (C=O) groups is 1. The van der Waals surface area contributed by atoms with Gasteiger partial charge in [-0.25, -0.2) is 9.37 Å². The summed E-state index contributed by atoms with van der Waals surface area (Å²) in [4.78, 5) is 31.3. The summed E-state index contributed by atoms with van der Waals surface area (Å²) in [5.74, 6) is -1.89. The number of aromatic amines is 1. The predicted octanol–water partition coefficient (Wildman–Crippen LogP) is 4.24. The molecule has 1 aromatic carbocycles. The van der Waals surface area contributed by atoms with Crippen LogP contribution in [-0.2, 0) is 5.41 Å². The van der Waals surface area contributed by atoms with Gasteiger partial charge in [0.1, 0.15) is 11.5 Å². The molecule has 0 amide bonds. The molecule has 1 aromatic heterocycles. The van der Waals surface area contributed by atoms with Gasteiger partial charge >= 0.3 is 6.36 Å². The maximum atomic E-state index is 14.0. The summed E-state index contributed by atoms with van der Waals surface area (Å²) in [6.07, 6.45) is -3.30. The Labute approximate surface area is 157 Å². The smallest absolute Gasteiger partial charge is 0.403 e. The van der Waals surface area contributed by atoms with Crippen molar-refractivity contribution >= 4 is 5.78 Å². The van der Waals surface area contributed by atoms with Gasteiger partial charge in [0, 0.05) is 18.4 Å². The number of rotatable bonds is 6. The van der Waals surface area contributed by atoms with Crippen LogP contribution in [0.25, 0.3) is 0 Å². The highest BCUT2D eigenvalue weighted by molar-refractivity contribution is 5.95. The molecule has 150 valence electrons. The molecule has 9 heteroatoms. The van der Waals surface area contributed by atoms with Crippen LogP contribution < -0.4 is 10.3 Å². The van der Waals surface area contributed by atoms with Gasteiger partial charge in [-0.05, 0) is 36.0 Å². The second-order valence-electron chi connectivity index (χ2n) is 7.47. The topological polar surface area (TPSA) is 72.0 Å². The summed E-state index contributed by atoms with van der Waals surface area (Å²) in [7, 11) is 0. The van der Waals surface area contributed by atoms with Crippen molar-refractivity contribution in [3.8, 4) is 5.75 Å². The van der Waals surface area contributed by atoms with Gasteiger partial charge in [0.05, 0.1) is 0 Å². The Bertz CT molecular complexity index is 962. The molecule has 1 heterocycles. The number of hydrogen-bond donors (Lipinski definition) is 1. The number of H-pyrrole nitrogens is 1. The van der Waals surface area contributed by atoms with E-state index in [9.17, 15) is 27.2 Å². The van der Waals surface area contributed by atoms with Crippen LogP contribution in [0.1, 0.15) is 60.9 Å². The van der Waals surface area contributed by atoms with Crippen molar-refractivity contribution in [2.45, 2.75) is 50.8 Å². The molecule has 0 atom stereocenters. The Morgan fingerprint density at radius 3 is 2.50 bits per heavy atom. The third-order valence-corrected chi connectivity index (χ3v) is 4.55. The minimum Gasteiger partial charge on any atom is -0.403 e. The fraction of sp³-hybridized carbons (Fsp3) is 0.421. The Morgan fingerprint density at radius 1 is 1.25 bits per heavy atom. The standard InChI is InChI=1S/C19H18F4N2O3/c1-18(2,11-5-6-15(12(20)7-11)28-19(21,22)23)9-14(26)13-8-16(27)25-17(24-13)10-3-4-10/h5-8,10H,3-4,9H2,1-2H3,(H,24,25,27).